The van der Waals surface area contributed by atoms with Crippen LogP contribution in [0, 0.1) is 5.82 Å². The SMILES string of the molecule is CN(C)C(=O)Sc1ccc(NC(=O)c2ccc(-c3ccc(F)cc3)s2)cc1. The van der Waals surface area contributed by atoms with Crippen molar-refractivity contribution in [1.82, 2.24) is 4.90 Å². The monoisotopic (exact) mass is 400 g/mol. The van der Waals surface area contributed by atoms with E-state index >= 15 is 0 Å². The first-order valence-corrected chi connectivity index (χ1v) is 9.72. The summed E-state index contributed by atoms with van der Waals surface area (Å²) in [5.41, 5.74) is 1.52. The van der Waals surface area contributed by atoms with Crippen LogP contribution in [-0.4, -0.2) is 30.1 Å². The Balaban J connectivity index is 1.65. The van der Waals surface area contributed by atoms with Gasteiger partial charge in [0.05, 0.1) is 4.88 Å². The van der Waals surface area contributed by atoms with Gasteiger partial charge in [-0.05, 0) is 65.9 Å². The summed E-state index contributed by atoms with van der Waals surface area (Å²) >= 11 is 2.47. The van der Waals surface area contributed by atoms with Crippen molar-refractivity contribution in [2.24, 2.45) is 0 Å². The number of thioether (sulfide) groups is 1. The number of nitrogens with zero attached hydrogens (tertiary/aromatic N) is 1. The molecule has 0 bridgehead atoms. The zero-order valence-electron chi connectivity index (χ0n) is 14.7. The second-order valence-corrected chi connectivity index (χ2v) is 8.02. The first-order valence-electron chi connectivity index (χ1n) is 8.09. The Morgan fingerprint density at radius 2 is 1.63 bits per heavy atom. The molecule has 7 heteroatoms. The topological polar surface area (TPSA) is 49.4 Å². The number of hydrogen-bond donors (Lipinski definition) is 1. The van der Waals surface area contributed by atoms with Gasteiger partial charge in [0.1, 0.15) is 5.82 Å². The quantitative estimate of drug-likeness (QED) is 0.582. The van der Waals surface area contributed by atoms with E-state index in [1.807, 2.05) is 6.07 Å². The summed E-state index contributed by atoms with van der Waals surface area (Å²) in [4.78, 5) is 27.9. The number of anilines is 1. The first kappa shape index (κ1) is 19.1. The van der Waals surface area contributed by atoms with Gasteiger partial charge in [0.25, 0.3) is 11.1 Å². The summed E-state index contributed by atoms with van der Waals surface area (Å²) < 4.78 is 13.0. The van der Waals surface area contributed by atoms with E-state index < -0.39 is 0 Å². The van der Waals surface area contributed by atoms with Gasteiger partial charge in [0, 0.05) is 29.6 Å². The summed E-state index contributed by atoms with van der Waals surface area (Å²) in [5.74, 6) is -0.500. The van der Waals surface area contributed by atoms with Crippen LogP contribution < -0.4 is 5.32 Å². The Hall–Kier alpha value is -2.64. The third kappa shape index (κ3) is 4.96. The second-order valence-electron chi connectivity index (χ2n) is 5.91. The lowest BCUT2D eigenvalue weighted by atomic mass is 10.2. The van der Waals surface area contributed by atoms with E-state index in [1.165, 1.54) is 28.4 Å². The molecule has 0 aliphatic heterocycles. The Morgan fingerprint density at radius 1 is 0.963 bits per heavy atom. The van der Waals surface area contributed by atoms with Crippen molar-refractivity contribution in [1.29, 1.82) is 0 Å². The molecule has 0 aliphatic carbocycles. The molecule has 0 unspecified atom stereocenters. The number of carbonyl (C=O) groups is 2. The number of thiophene rings is 1. The molecule has 27 heavy (non-hydrogen) atoms. The van der Waals surface area contributed by atoms with E-state index in [4.69, 9.17) is 0 Å². The fourth-order valence-electron chi connectivity index (χ4n) is 2.22. The van der Waals surface area contributed by atoms with Gasteiger partial charge in [0.15, 0.2) is 0 Å². The Bertz CT molecular complexity index is 951. The molecule has 0 radical (unpaired) electrons. The largest absolute Gasteiger partial charge is 0.339 e. The molecule has 2 aromatic carbocycles. The van der Waals surface area contributed by atoms with Gasteiger partial charge in [-0.25, -0.2) is 4.39 Å². The molecule has 0 atom stereocenters. The van der Waals surface area contributed by atoms with Crippen LogP contribution in [0.5, 0.6) is 0 Å². The van der Waals surface area contributed by atoms with E-state index in [-0.39, 0.29) is 17.0 Å². The number of halogens is 1. The van der Waals surface area contributed by atoms with E-state index in [1.54, 1.807) is 56.6 Å². The van der Waals surface area contributed by atoms with Crippen molar-refractivity contribution in [2.45, 2.75) is 4.90 Å². The van der Waals surface area contributed by atoms with Gasteiger partial charge in [-0.2, -0.15) is 0 Å². The molecule has 2 amide bonds. The highest BCUT2D eigenvalue weighted by atomic mass is 32.2. The van der Waals surface area contributed by atoms with E-state index in [0.29, 0.717) is 10.6 Å². The van der Waals surface area contributed by atoms with Gasteiger partial charge in [-0.15, -0.1) is 11.3 Å². The predicted molar refractivity (Wildman–Crippen MR) is 109 cm³/mol. The molecular formula is C20H17FN2O2S2. The van der Waals surface area contributed by atoms with Crippen molar-refractivity contribution in [3.8, 4) is 10.4 Å². The van der Waals surface area contributed by atoms with Crippen LogP contribution >= 0.6 is 23.1 Å². The van der Waals surface area contributed by atoms with Gasteiger partial charge < -0.3 is 10.2 Å². The highest BCUT2D eigenvalue weighted by Crippen LogP contribution is 2.29. The molecule has 1 aromatic heterocycles. The summed E-state index contributed by atoms with van der Waals surface area (Å²) in [5, 5.41) is 2.79. The molecule has 0 aliphatic rings. The van der Waals surface area contributed by atoms with Crippen molar-refractivity contribution in [3.63, 3.8) is 0 Å². The number of carbonyl (C=O) groups excluding carboxylic acids is 2. The van der Waals surface area contributed by atoms with Crippen LogP contribution in [-0.2, 0) is 0 Å². The van der Waals surface area contributed by atoms with Crippen LogP contribution in [0.2, 0.25) is 0 Å². The average molecular weight is 401 g/mol. The smallest absolute Gasteiger partial charge is 0.285 e. The zero-order valence-corrected chi connectivity index (χ0v) is 16.4. The number of amides is 2. The highest BCUT2D eigenvalue weighted by Gasteiger charge is 2.12. The molecule has 3 aromatic rings. The van der Waals surface area contributed by atoms with Crippen molar-refractivity contribution in [3.05, 3.63) is 71.4 Å². The molecule has 1 N–H and O–H groups in total. The average Bonchev–Trinajstić information content (AvgIpc) is 3.14. The number of benzene rings is 2. The highest BCUT2D eigenvalue weighted by molar-refractivity contribution is 8.13. The third-order valence-electron chi connectivity index (χ3n) is 3.64. The maximum Gasteiger partial charge on any atom is 0.285 e. The van der Waals surface area contributed by atoms with Crippen LogP contribution in [0.4, 0.5) is 14.9 Å². The summed E-state index contributed by atoms with van der Waals surface area (Å²) in [6.07, 6.45) is 0. The standard InChI is InChI=1S/C20H17FN2O2S2/c1-23(2)20(25)26-16-9-7-15(8-10-16)22-19(24)18-12-11-17(27-18)13-3-5-14(21)6-4-13/h3-12H,1-2H3,(H,22,24). The van der Waals surface area contributed by atoms with Crippen LogP contribution in [0.3, 0.4) is 0 Å². The van der Waals surface area contributed by atoms with E-state index in [0.717, 1.165) is 27.1 Å². The van der Waals surface area contributed by atoms with Gasteiger partial charge in [-0.1, -0.05) is 12.1 Å². The first-order chi connectivity index (χ1) is 12.9. The van der Waals surface area contributed by atoms with Gasteiger partial charge in [-0.3, -0.25) is 9.59 Å². The number of nitrogens with one attached hydrogen (secondary N) is 1. The molecule has 138 valence electrons. The minimum Gasteiger partial charge on any atom is -0.339 e. The summed E-state index contributed by atoms with van der Waals surface area (Å²) in [7, 11) is 3.40. The number of hydrogen-bond acceptors (Lipinski definition) is 4. The minimum absolute atomic E-state index is 0.0568. The molecule has 0 fully saturated rings. The lowest BCUT2D eigenvalue weighted by Crippen LogP contribution is -2.16. The van der Waals surface area contributed by atoms with E-state index in [2.05, 4.69) is 5.32 Å². The van der Waals surface area contributed by atoms with Crippen molar-refractivity contribution < 1.29 is 14.0 Å². The Morgan fingerprint density at radius 3 is 2.26 bits per heavy atom. The molecule has 0 spiro atoms. The van der Waals surface area contributed by atoms with Gasteiger partial charge in [0.2, 0.25) is 0 Å². The maximum atomic E-state index is 13.0. The van der Waals surface area contributed by atoms with Crippen LogP contribution in [0.1, 0.15) is 9.67 Å². The molecule has 0 saturated heterocycles. The lowest BCUT2D eigenvalue weighted by molar-refractivity contribution is 0.103. The zero-order chi connectivity index (χ0) is 19.4. The van der Waals surface area contributed by atoms with Crippen LogP contribution in [0.15, 0.2) is 65.6 Å². The molecule has 1 heterocycles. The normalized spacial score (nSPS) is 10.5. The van der Waals surface area contributed by atoms with Crippen molar-refractivity contribution in [2.75, 3.05) is 19.4 Å². The van der Waals surface area contributed by atoms with Crippen molar-refractivity contribution >= 4 is 39.9 Å². The van der Waals surface area contributed by atoms with E-state index in [9.17, 15) is 14.0 Å². The Kier molecular flexibility index (Phi) is 5.93. The van der Waals surface area contributed by atoms with Crippen LogP contribution in [0.25, 0.3) is 10.4 Å². The molecule has 3 rings (SSSR count). The molecular weight excluding hydrogens is 383 g/mol. The Labute approximate surface area is 165 Å². The minimum atomic E-state index is -0.290. The lowest BCUT2D eigenvalue weighted by Gasteiger charge is -2.09. The predicted octanol–water partition coefficient (Wildman–Crippen LogP) is 5.58. The molecule has 0 saturated carbocycles. The fraction of sp³-hybridized carbons (Fsp3) is 0.100. The van der Waals surface area contributed by atoms with Gasteiger partial charge >= 0.3 is 0 Å². The maximum absolute atomic E-state index is 13.0. The summed E-state index contributed by atoms with van der Waals surface area (Å²) in [6.45, 7) is 0. The number of rotatable bonds is 4. The summed E-state index contributed by atoms with van der Waals surface area (Å²) in [6, 6.07) is 16.9. The third-order valence-corrected chi connectivity index (χ3v) is 5.82. The fourth-order valence-corrected chi connectivity index (χ4v) is 3.78. The molecule has 4 nitrogen and oxygen atoms in total. The second kappa shape index (κ2) is 8.37.